The number of nitrogens with zero attached hydrogens (tertiary/aromatic N) is 4. The Morgan fingerprint density at radius 3 is 2.47 bits per heavy atom. The van der Waals surface area contributed by atoms with Crippen LogP contribution in [-0.4, -0.2) is 35.6 Å². The summed E-state index contributed by atoms with van der Waals surface area (Å²) in [5.74, 6) is 0.0668. The normalized spacial score (nSPS) is 20.0. The molecule has 0 unspecified atom stereocenters. The Labute approximate surface area is 179 Å². The molecule has 1 saturated heterocycles. The molecular weight excluding hydrogens is 376 g/mol. The number of carbonyl (C=O) groups excluding carboxylic acids is 1. The first-order valence-electron chi connectivity index (χ1n) is 11.1. The lowest BCUT2D eigenvalue weighted by atomic mass is 9.91. The van der Waals surface area contributed by atoms with E-state index in [-0.39, 0.29) is 0 Å². The molecule has 1 aliphatic rings. The van der Waals surface area contributed by atoms with Gasteiger partial charge in [-0.05, 0) is 36.8 Å². The van der Waals surface area contributed by atoms with Crippen molar-refractivity contribution in [2.75, 3.05) is 24.6 Å². The molecule has 3 atom stereocenters. The summed E-state index contributed by atoms with van der Waals surface area (Å²) in [7, 11) is 0. The van der Waals surface area contributed by atoms with Crippen LogP contribution in [0.2, 0.25) is 0 Å². The Morgan fingerprint density at radius 1 is 1.17 bits per heavy atom. The van der Waals surface area contributed by atoms with Crippen molar-refractivity contribution in [3.63, 3.8) is 0 Å². The fourth-order valence-electron chi connectivity index (χ4n) is 4.28. The first kappa shape index (κ1) is 22.0. The van der Waals surface area contributed by atoms with Crippen LogP contribution in [-0.2, 0) is 9.53 Å². The lowest BCUT2D eigenvalue weighted by Crippen LogP contribution is -2.40. The molecule has 0 bridgehead atoms. The van der Waals surface area contributed by atoms with Crippen molar-refractivity contribution in [2.24, 2.45) is 11.8 Å². The molecule has 1 aromatic heterocycles. The molecule has 2 heterocycles. The second kappa shape index (κ2) is 10.4. The molecule has 0 saturated carbocycles. The Hall–Kier alpha value is -2.68. The van der Waals surface area contributed by atoms with Gasteiger partial charge in [0.15, 0.2) is 11.7 Å². The molecule has 0 amide bonds. The summed E-state index contributed by atoms with van der Waals surface area (Å²) in [5, 5.41) is 9.85. The summed E-state index contributed by atoms with van der Waals surface area (Å²) in [4.78, 5) is 24.5. The molecular formula is C24H32N4O2. The maximum Gasteiger partial charge on any atom is 0.329 e. The number of esters is 1. The van der Waals surface area contributed by atoms with Gasteiger partial charge in [-0.15, -0.1) is 0 Å². The van der Waals surface area contributed by atoms with Gasteiger partial charge in [-0.3, -0.25) is 4.79 Å². The molecule has 0 radical (unpaired) electrons. The summed E-state index contributed by atoms with van der Waals surface area (Å²) in [6, 6.07) is 9.73. The van der Waals surface area contributed by atoms with E-state index in [1.807, 2.05) is 24.3 Å². The van der Waals surface area contributed by atoms with E-state index in [2.05, 4.69) is 31.7 Å². The highest BCUT2D eigenvalue weighted by atomic mass is 16.5. The third-order valence-corrected chi connectivity index (χ3v) is 5.63. The van der Waals surface area contributed by atoms with Crippen molar-refractivity contribution >= 4 is 22.8 Å². The van der Waals surface area contributed by atoms with Crippen molar-refractivity contribution in [3.05, 3.63) is 30.0 Å². The molecule has 1 aliphatic heterocycles. The summed E-state index contributed by atoms with van der Waals surface area (Å²) in [6.45, 7) is 8.61. The molecule has 30 heavy (non-hydrogen) atoms. The number of aromatic nitrogens is 2. The van der Waals surface area contributed by atoms with Crippen molar-refractivity contribution in [3.8, 4) is 6.07 Å². The van der Waals surface area contributed by atoms with Crippen LogP contribution >= 0.6 is 0 Å². The maximum atomic E-state index is 12.8. The standard InChI is InChI=1S/C24H32N4O2/c1-4-5-6-9-12-30-24(29)19(14-25)22-23(28-15-17(2)13-18(3)16-28)27-21-11-8-7-10-20(21)26-22/h7-8,10-11,17-19H,4-6,9,12-13,15-16H2,1-3H3/t17-,18+,19-/m0/s1. The zero-order valence-corrected chi connectivity index (χ0v) is 18.3. The van der Waals surface area contributed by atoms with Gasteiger partial charge in [0.05, 0.1) is 23.7 Å². The third-order valence-electron chi connectivity index (χ3n) is 5.63. The number of anilines is 1. The van der Waals surface area contributed by atoms with Crippen molar-refractivity contribution in [1.29, 1.82) is 5.26 Å². The molecule has 0 N–H and O–H groups in total. The van der Waals surface area contributed by atoms with E-state index in [1.165, 1.54) is 0 Å². The number of nitriles is 1. The van der Waals surface area contributed by atoms with E-state index >= 15 is 0 Å². The lowest BCUT2D eigenvalue weighted by molar-refractivity contribution is -0.144. The molecule has 3 rings (SSSR count). The third kappa shape index (κ3) is 5.27. The number of carbonyl (C=O) groups is 1. The minimum atomic E-state index is -1.07. The second-order valence-corrected chi connectivity index (χ2v) is 8.56. The van der Waals surface area contributed by atoms with E-state index in [9.17, 15) is 10.1 Å². The van der Waals surface area contributed by atoms with Gasteiger partial charge in [0.1, 0.15) is 5.69 Å². The molecule has 6 heteroatoms. The summed E-state index contributed by atoms with van der Waals surface area (Å²) >= 11 is 0. The monoisotopic (exact) mass is 408 g/mol. The molecule has 1 aromatic carbocycles. The van der Waals surface area contributed by atoms with Gasteiger partial charge in [-0.1, -0.05) is 52.2 Å². The van der Waals surface area contributed by atoms with Crippen LogP contribution in [0.15, 0.2) is 24.3 Å². The molecule has 1 fully saturated rings. The minimum Gasteiger partial charge on any atom is -0.464 e. The highest BCUT2D eigenvalue weighted by molar-refractivity contribution is 5.85. The predicted octanol–water partition coefficient (Wildman–Crippen LogP) is 4.84. The summed E-state index contributed by atoms with van der Waals surface area (Å²) in [6.07, 6.45) is 5.23. The van der Waals surface area contributed by atoms with Crippen molar-refractivity contribution in [2.45, 2.75) is 58.8 Å². The van der Waals surface area contributed by atoms with Gasteiger partial charge >= 0.3 is 5.97 Å². The van der Waals surface area contributed by atoms with Crippen LogP contribution in [0, 0.1) is 23.2 Å². The fraction of sp³-hybridized carbons (Fsp3) is 0.583. The molecule has 6 nitrogen and oxygen atoms in total. The average molecular weight is 409 g/mol. The second-order valence-electron chi connectivity index (χ2n) is 8.56. The largest absolute Gasteiger partial charge is 0.464 e. The summed E-state index contributed by atoms with van der Waals surface area (Å²) in [5.41, 5.74) is 1.87. The number of piperidine rings is 1. The molecule has 0 spiro atoms. The van der Waals surface area contributed by atoms with Gasteiger partial charge in [0, 0.05) is 13.1 Å². The average Bonchev–Trinajstić information content (AvgIpc) is 2.73. The minimum absolute atomic E-state index is 0.338. The topological polar surface area (TPSA) is 79.1 Å². The first-order valence-corrected chi connectivity index (χ1v) is 11.1. The summed E-state index contributed by atoms with van der Waals surface area (Å²) < 4.78 is 5.44. The molecule has 160 valence electrons. The number of unbranched alkanes of at least 4 members (excludes halogenated alkanes) is 3. The Morgan fingerprint density at radius 2 is 1.83 bits per heavy atom. The first-order chi connectivity index (χ1) is 14.5. The zero-order chi connectivity index (χ0) is 21.5. The van der Waals surface area contributed by atoms with E-state index in [0.717, 1.165) is 50.7 Å². The van der Waals surface area contributed by atoms with Gasteiger partial charge in [0.2, 0.25) is 0 Å². The van der Waals surface area contributed by atoms with Crippen LogP contribution in [0.25, 0.3) is 11.0 Å². The lowest BCUT2D eigenvalue weighted by Gasteiger charge is -2.36. The number of benzene rings is 1. The van der Waals surface area contributed by atoms with E-state index in [1.54, 1.807) is 0 Å². The van der Waals surface area contributed by atoms with Crippen LogP contribution in [0.5, 0.6) is 0 Å². The van der Waals surface area contributed by atoms with E-state index < -0.39 is 11.9 Å². The van der Waals surface area contributed by atoms with Crippen LogP contribution < -0.4 is 4.90 Å². The fourth-order valence-corrected chi connectivity index (χ4v) is 4.28. The van der Waals surface area contributed by atoms with Crippen LogP contribution in [0.4, 0.5) is 5.82 Å². The Bertz CT molecular complexity index is 898. The number of hydrogen-bond acceptors (Lipinski definition) is 6. The van der Waals surface area contributed by atoms with Crippen molar-refractivity contribution < 1.29 is 9.53 Å². The molecule has 2 aromatic rings. The highest BCUT2D eigenvalue weighted by Gasteiger charge is 2.32. The van der Waals surface area contributed by atoms with Gasteiger partial charge < -0.3 is 9.64 Å². The number of fused-ring (bicyclic) bond motifs is 1. The number of ether oxygens (including phenoxy) is 1. The predicted molar refractivity (Wildman–Crippen MR) is 118 cm³/mol. The quantitative estimate of drug-likeness (QED) is 0.459. The Balaban J connectivity index is 1.91. The number of para-hydroxylation sites is 2. The zero-order valence-electron chi connectivity index (χ0n) is 18.3. The number of rotatable bonds is 8. The van der Waals surface area contributed by atoms with Gasteiger partial charge in [0.25, 0.3) is 0 Å². The Kier molecular flexibility index (Phi) is 7.62. The smallest absolute Gasteiger partial charge is 0.329 e. The maximum absolute atomic E-state index is 12.8. The SMILES string of the molecule is CCCCCCOC(=O)[C@@H](C#N)c1nc2ccccc2nc1N1C[C@H](C)C[C@H](C)C1. The van der Waals surface area contributed by atoms with E-state index in [4.69, 9.17) is 14.7 Å². The molecule has 0 aliphatic carbocycles. The van der Waals surface area contributed by atoms with Crippen LogP contribution in [0.1, 0.15) is 64.5 Å². The number of hydrogen-bond donors (Lipinski definition) is 0. The highest BCUT2D eigenvalue weighted by Crippen LogP contribution is 2.32. The van der Waals surface area contributed by atoms with E-state index in [0.29, 0.717) is 35.5 Å². The van der Waals surface area contributed by atoms with Gasteiger partial charge in [-0.2, -0.15) is 5.26 Å². The van der Waals surface area contributed by atoms with Crippen molar-refractivity contribution in [1.82, 2.24) is 9.97 Å². The van der Waals surface area contributed by atoms with Gasteiger partial charge in [-0.25, -0.2) is 9.97 Å². The van der Waals surface area contributed by atoms with Crippen LogP contribution in [0.3, 0.4) is 0 Å².